The molecule has 0 spiro atoms. The monoisotopic (exact) mass is 275 g/mol. The Morgan fingerprint density at radius 1 is 0.952 bits per heavy atom. The summed E-state index contributed by atoms with van der Waals surface area (Å²) in [6.07, 6.45) is 1.66. The maximum atomic E-state index is 5.42. The molecule has 0 unspecified atom stereocenters. The van der Waals surface area contributed by atoms with Crippen molar-refractivity contribution in [2.24, 2.45) is 0 Å². The highest BCUT2D eigenvalue weighted by Crippen LogP contribution is 2.23. The molecule has 102 valence electrons. The number of furan rings is 1. The summed E-state index contributed by atoms with van der Waals surface area (Å²) < 4.78 is 7.28. The van der Waals surface area contributed by atoms with Crippen LogP contribution in [0.15, 0.2) is 65.3 Å². The van der Waals surface area contributed by atoms with Crippen LogP contribution in [-0.2, 0) is 0 Å². The van der Waals surface area contributed by atoms with E-state index in [0.29, 0.717) is 0 Å². The maximum absolute atomic E-state index is 5.42. The lowest BCUT2D eigenvalue weighted by molar-refractivity contribution is 0.580. The lowest BCUT2D eigenvalue weighted by atomic mass is 10.2. The van der Waals surface area contributed by atoms with Crippen molar-refractivity contribution in [1.29, 1.82) is 0 Å². The van der Waals surface area contributed by atoms with Crippen molar-refractivity contribution in [1.82, 2.24) is 14.6 Å². The fourth-order valence-electron chi connectivity index (χ4n) is 2.43. The van der Waals surface area contributed by atoms with Gasteiger partial charge < -0.3 is 4.42 Å². The molecular formula is C17H13N3O. The second-order valence-electron chi connectivity index (χ2n) is 4.93. The Kier molecular flexibility index (Phi) is 2.60. The molecule has 0 saturated heterocycles. The van der Waals surface area contributed by atoms with Crippen LogP contribution in [0.2, 0.25) is 0 Å². The Hall–Kier alpha value is -2.88. The predicted molar refractivity (Wildman–Crippen MR) is 80.9 cm³/mol. The smallest absolute Gasteiger partial charge is 0.156 e. The number of benzene rings is 1. The van der Waals surface area contributed by atoms with Crippen molar-refractivity contribution in [2.75, 3.05) is 0 Å². The molecule has 0 aliphatic heterocycles. The molecule has 0 amide bonds. The number of aryl methyl sites for hydroxylation is 1. The molecule has 21 heavy (non-hydrogen) atoms. The molecule has 0 aliphatic carbocycles. The molecule has 3 heterocycles. The third-order valence-corrected chi connectivity index (χ3v) is 3.45. The molecule has 4 aromatic rings. The Labute approximate surface area is 121 Å². The number of hydrogen-bond donors (Lipinski definition) is 0. The summed E-state index contributed by atoms with van der Waals surface area (Å²) in [5.41, 5.74) is 4.67. The summed E-state index contributed by atoms with van der Waals surface area (Å²) in [5.74, 6) is 0.767. The first-order chi connectivity index (χ1) is 10.3. The summed E-state index contributed by atoms with van der Waals surface area (Å²) >= 11 is 0. The summed E-state index contributed by atoms with van der Waals surface area (Å²) in [6, 6.07) is 17.9. The maximum Gasteiger partial charge on any atom is 0.156 e. The van der Waals surface area contributed by atoms with Crippen LogP contribution in [-0.4, -0.2) is 14.6 Å². The van der Waals surface area contributed by atoms with Gasteiger partial charge in [-0.25, -0.2) is 9.50 Å². The lowest BCUT2D eigenvalue weighted by Crippen LogP contribution is -1.97. The molecule has 3 aromatic heterocycles. The first-order valence-electron chi connectivity index (χ1n) is 6.78. The van der Waals surface area contributed by atoms with Crippen LogP contribution in [0.5, 0.6) is 0 Å². The van der Waals surface area contributed by atoms with Crippen molar-refractivity contribution in [3.05, 3.63) is 66.6 Å². The minimum absolute atomic E-state index is 0.767. The van der Waals surface area contributed by atoms with E-state index in [0.717, 1.165) is 34.1 Å². The Morgan fingerprint density at radius 2 is 1.81 bits per heavy atom. The third-order valence-electron chi connectivity index (χ3n) is 3.45. The third kappa shape index (κ3) is 2.01. The number of rotatable bonds is 2. The fraction of sp³-hybridized carbons (Fsp3) is 0.0588. The van der Waals surface area contributed by atoms with E-state index in [1.165, 1.54) is 0 Å². The quantitative estimate of drug-likeness (QED) is 0.556. The van der Waals surface area contributed by atoms with Gasteiger partial charge in [0.25, 0.3) is 0 Å². The lowest BCUT2D eigenvalue weighted by Gasteiger charge is -2.01. The van der Waals surface area contributed by atoms with E-state index in [-0.39, 0.29) is 0 Å². The van der Waals surface area contributed by atoms with Gasteiger partial charge in [0.2, 0.25) is 0 Å². The van der Waals surface area contributed by atoms with Crippen LogP contribution in [0.4, 0.5) is 0 Å². The van der Waals surface area contributed by atoms with Gasteiger partial charge >= 0.3 is 0 Å². The number of hydrogen-bond acceptors (Lipinski definition) is 3. The van der Waals surface area contributed by atoms with Crippen LogP contribution in [0.25, 0.3) is 28.4 Å². The van der Waals surface area contributed by atoms with Crippen molar-refractivity contribution in [3.63, 3.8) is 0 Å². The number of aromatic nitrogens is 3. The topological polar surface area (TPSA) is 43.3 Å². The van der Waals surface area contributed by atoms with E-state index < -0.39 is 0 Å². The molecule has 0 saturated carbocycles. The summed E-state index contributed by atoms with van der Waals surface area (Å²) in [6.45, 7) is 2.02. The van der Waals surface area contributed by atoms with Gasteiger partial charge in [0.15, 0.2) is 11.4 Å². The van der Waals surface area contributed by atoms with E-state index in [4.69, 9.17) is 4.42 Å². The molecule has 4 rings (SSSR count). The summed E-state index contributed by atoms with van der Waals surface area (Å²) in [5, 5.41) is 4.63. The molecule has 0 atom stereocenters. The SMILES string of the molecule is Cc1cc(-c2ccco2)nc2cc(-c3ccccc3)nn12. The van der Waals surface area contributed by atoms with E-state index >= 15 is 0 Å². The zero-order valence-electron chi connectivity index (χ0n) is 11.5. The van der Waals surface area contributed by atoms with E-state index in [2.05, 4.69) is 10.1 Å². The molecule has 4 nitrogen and oxygen atoms in total. The molecule has 0 aliphatic rings. The van der Waals surface area contributed by atoms with E-state index in [1.807, 2.05) is 66.0 Å². The van der Waals surface area contributed by atoms with Crippen molar-refractivity contribution >= 4 is 5.65 Å². The average molecular weight is 275 g/mol. The molecular weight excluding hydrogens is 262 g/mol. The van der Waals surface area contributed by atoms with Crippen LogP contribution < -0.4 is 0 Å². The predicted octanol–water partition coefficient (Wildman–Crippen LogP) is 3.96. The Bertz CT molecular complexity index is 893. The molecule has 1 aromatic carbocycles. The number of nitrogens with zero attached hydrogens (tertiary/aromatic N) is 3. The zero-order chi connectivity index (χ0) is 14.2. The standard InChI is InChI=1S/C17H13N3O/c1-12-10-15(16-8-5-9-21-16)18-17-11-14(19-20(12)17)13-6-3-2-4-7-13/h2-11H,1H3. The highest BCUT2D eigenvalue weighted by atomic mass is 16.3. The fourth-order valence-corrected chi connectivity index (χ4v) is 2.43. The molecule has 4 heteroatoms. The number of fused-ring (bicyclic) bond motifs is 1. The van der Waals surface area contributed by atoms with Gasteiger partial charge in [-0.1, -0.05) is 30.3 Å². The van der Waals surface area contributed by atoms with Crippen LogP contribution in [0.1, 0.15) is 5.69 Å². The van der Waals surface area contributed by atoms with Crippen LogP contribution in [0.3, 0.4) is 0 Å². The largest absolute Gasteiger partial charge is 0.463 e. The molecule has 0 radical (unpaired) electrons. The van der Waals surface area contributed by atoms with Crippen molar-refractivity contribution in [3.8, 4) is 22.7 Å². The summed E-state index contributed by atoms with van der Waals surface area (Å²) in [7, 11) is 0. The van der Waals surface area contributed by atoms with Crippen LogP contribution in [0, 0.1) is 6.92 Å². The van der Waals surface area contributed by atoms with E-state index in [1.54, 1.807) is 6.26 Å². The first-order valence-corrected chi connectivity index (χ1v) is 6.78. The first kappa shape index (κ1) is 11.9. The molecule has 0 fully saturated rings. The van der Waals surface area contributed by atoms with Crippen molar-refractivity contribution < 1.29 is 4.42 Å². The van der Waals surface area contributed by atoms with Gasteiger partial charge in [-0.3, -0.25) is 0 Å². The molecule has 0 N–H and O–H groups in total. The minimum Gasteiger partial charge on any atom is -0.463 e. The van der Waals surface area contributed by atoms with Gasteiger partial charge in [-0.15, -0.1) is 0 Å². The van der Waals surface area contributed by atoms with Crippen LogP contribution >= 0.6 is 0 Å². The normalized spacial score (nSPS) is 11.1. The highest BCUT2D eigenvalue weighted by molar-refractivity contribution is 5.66. The van der Waals surface area contributed by atoms with Gasteiger partial charge in [0.1, 0.15) is 5.69 Å². The Morgan fingerprint density at radius 3 is 2.57 bits per heavy atom. The second kappa shape index (κ2) is 4.59. The Balaban J connectivity index is 1.90. The zero-order valence-corrected chi connectivity index (χ0v) is 11.5. The molecule has 0 bridgehead atoms. The van der Waals surface area contributed by atoms with Gasteiger partial charge in [0.05, 0.1) is 12.0 Å². The van der Waals surface area contributed by atoms with Crippen molar-refractivity contribution in [2.45, 2.75) is 6.92 Å². The average Bonchev–Trinajstić information content (AvgIpc) is 3.17. The van der Waals surface area contributed by atoms with Gasteiger partial charge in [-0.2, -0.15) is 5.10 Å². The highest BCUT2D eigenvalue weighted by Gasteiger charge is 2.10. The van der Waals surface area contributed by atoms with Gasteiger partial charge in [-0.05, 0) is 25.1 Å². The minimum atomic E-state index is 0.767. The summed E-state index contributed by atoms with van der Waals surface area (Å²) in [4.78, 5) is 4.63. The second-order valence-corrected chi connectivity index (χ2v) is 4.93. The van der Waals surface area contributed by atoms with Gasteiger partial charge in [0, 0.05) is 17.3 Å². The van der Waals surface area contributed by atoms with E-state index in [9.17, 15) is 0 Å².